The predicted octanol–water partition coefficient (Wildman–Crippen LogP) is 3.97. The normalized spacial score (nSPS) is 10.6. The molecule has 0 N–H and O–H groups in total. The third kappa shape index (κ3) is 2.40. The minimum absolute atomic E-state index is 0.557. The van der Waals surface area contributed by atoms with Gasteiger partial charge in [-0.1, -0.05) is 54.5 Å². The summed E-state index contributed by atoms with van der Waals surface area (Å²) in [5.41, 5.74) is 3.21. The van der Waals surface area contributed by atoms with Crippen LogP contribution in [-0.2, 0) is 6.42 Å². The molecule has 0 atom stereocenters. The van der Waals surface area contributed by atoms with Crippen LogP contribution in [0.2, 0.25) is 0 Å². The average molecular weight is 250 g/mol. The van der Waals surface area contributed by atoms with E-state index in [1.807, 2.05) is 42.5 Å². The molecule has 0 bridgehead atoms. The third-order valence-corrected chi connectivity index (χ3v) is 3.07. The van der Waals surface area contributed by atoms with Crippen LogP contribution < -0.4 is 0 Å². The lowest BCUT2D eigenvalue weighted by Crippen LogP contribution is -1.82. The van der Waals surface area contributed by atoms with Crippen molar-refractivity contribution < 1.29 is 4.52 Å². The maximum atomic E-state index is 5.32. The van der Waals surface area contributed by atoms with E-state index in [1.165, 1.54) is 5.56 Å². The SMILES string of the molecule is CCc1ccc(-c2nc(-c3ccccc3)no2)cc1. The van der Waals surface area contributed by atoms with Crippen molar-refractivity contribution in [3.8, 4) is 22.8 Å². The summed E-state index contributed by atoms with van der Waals surface area (Å²) in [5, 5.41) is 4.02. The van der Waals surface area contributed by atoms with Gasteiger partial charge in [-0.05, 0) is 24.1 Å². The molecule has 0 radical (unpaired) electrons. The number of nitrogens with zero attached hydrogens (tertiary/aromatic N) is 2. The lowest BCUT2D eigenvalue weighted by Gasteiger charge is -1.97. The molecule has 3 heteroatoms. The van der Waals surface area contributed by atoms with Crippen LogP contribution in [0.4, 0.5) is 0 Å². The van der Waals surface area contributed by atoms with E-state index in [0.29, 0.717) is 11.7 Å². The van der Waals surface area contributed by atoms with Crippen molar-refractivity contribution >= 4 is 0 Å². The van der Waals surface area contributed by atoms with E-state index in [9.17, 15) is 0 Å². The van der Waals surface area contributed by atoms with Gasteiger partial charge in [0.2, 0.25) is 5.82 Å². The second-order valence-corrected chi connectivity index (χ2v) is 4.34. The van der Waals surface area contributed by atoms with Gasteiger partial charge in [0.1, 0.15) is 0 Å². The van der Waals surface area contributed by atoms with Gasteiger partial charge < -0.3 is 4.52 Å². The van der Waals surface area contributed by atoms with Crippen LogP contribution in [0.5, 0.6) is 0 Å². The molecule has 0 unspecified atom stereocenters. The highest BCUT2D eigenvalue weighted by molar-refractivity contribution is 5.59. The van der Waals surface area contributed by atoms with E-state index in [0.717, 1.165) is 17.5 Å². The van der Waals surface area contributed by atoms with Gasteiger partial charge in [-0.2, -0.15) is 4.98 Å². The Kier molecular flexibility index (Phi) is 3.11. The molecule has 3 rings (SSSR count). The lowest BCUT2D eigenvalue weighted by atomic mass is 10.1. The Morgan fingerprint density at radius 3 is 2.32 bits per heavy atom. The minimum atomic E-state index is 0.557. The zero-order chi connectivity index (χ0) is 13.1. The van der Waals surface area contributed by atoms with E-state index in [-0.39, 0.29) is 0 Å². The largest absolute Gasteiger partial charge is 0.334 e. The van der Waals surface area contributed by atoms with Crippen molar-refractivity contribution in [2.75, 3.05) is 0 Å². The molecule has 0 aliphatic carbocycles. The third-order valence-electron chi connectivity index (χ3n) is 3.07. The van der Waals surface area contributed by atoms with Crippen LogP contribution in [-0.4, -0.2) is 10.1 Å². The lowest BCUT2D eigenvalue weighted by molar-refractivity contribution is 0.432. The fraction of sp³-hybridized carbons (Fsp3) is 0.125. The molecule has 19 heavy (non-hydrogen) atoms. The highest BCUT2D eigenvalue weighted by atomic mass is 16.5. The number of aryl methyl sites for hydroxylation is 1. The Balaban J connectivity index is 1.92. The van der Waals surface area contributed by atoms with E-state index in [2.05, 4.69) is 29.2 Å². The zero-order valence-electron chi connectivity index (χ0n) is 10.7. The average Bonchev–Trinajstić information content (AvgIpc) is 2.98. The summed E-state index contributed by atoms with van der Waals surface area (Å²) >= 11 is 0. The van der Waals surface area contributed by atoms with E-state index < -0.39 is 0 Å². The first-order valence-electron chi connectivity index (χ1n) is 6.35. The molecule has 2 aromatic carbocycles. The molecule has 94 valence electrons. The summed E-state index contributed by atoms with van der Waals surface area (Å²) in [5.74, 6) is 1.18. The second-order valence-electron chi connectivity index (χ2n) is 4.34. The number of hydrogen-bond acceptors (Lipinski definition) is 3. The monoisotopic (exact) mass is 250 g/mol. The summed E-state index contributed by atoms with van der Waals surface area (Å²) in [4.78, 5) is 4.43. The first-order valence-corrected chi connectivity index (χ1v) is 6.35. The van der Waals surface area contributed by atoms with Crippen molar-refractivity contribution in [3.05, 3.63) is 60.2 Å². The summed E-state index contributed by atoms with van der Waals surface area (Å²) in [6, 6.07) is 18.0. The zero-order valence-corrected chi connectivity index (χ0v) is 10.7. The molecule has 0 fully saturated rings. The van der Waals surface area contributed by atoms with Gasteiger partial charge in [0.25, 0.3) is 5.89 Å². The summed E-state index contributed by atoms with van der Waals surface area (Å²) in [6.45, 7) is 2.13. The Labute approximate surface area is 111 Å². The molecule has 0 aliphatic heterocycles. The first kappa shape index (κ1) is 11.7. The maximum absolute atomic E-state index is 5.32. The molecule has 1 aromatic heterocycles. The molecule has 1 heterocycles. The minimum Gasteiger partial charge on any atom is -0.334 e. The predicted molar refractivity (Wildman–Crippen MR) is 74.5 cm³/mol. The summed E-state index contributed by atoms with van der Waals surface area (Å²) < 4.78 is 5.32. The topological polar surface area (TPSA) is 38.9 Å². The summed E-state index contributed by atoms with van der Waals surface area (Å²) in [6.07, 6.45) is 1.03. The highest BCUT2D eigenvalue weighted by Crippen LogP contribution is 2.22. The van der Waals surface area contributed by atoms with Gasteiger partial charge in [0.15, 0.2) is 0 Å². The van der Waals surface area contributed by atoms with Gasteiger partial charge in [-0.15, -0.1) is 0 Å². The van der Waals surface area contributed by atoms with E-state index >= 15 is 0 Å². The number of benzene rings is 2. The van der Waals surface area contributed by atoms with Gasteiger partial charge >= 0.3 is 0 Å². The molecule has 0 saturated heterocycles. The number of hydrogen-bond donors (Lipinski definition) is 0. The molecule has 0 aliphatic rings. The van der Waals surface area contributed by atoms with Gasteiger partial charge in [-0.3, -0.25) is 0 Å². The van der Waals surface area contributed by atoms with Crippen molar-refractivity contribution in [2.24, 2.45) is 0 Å². The van der Waals surface area contributed by atoms with Gasteiger partial charge in [0, 0.05) is 11.1 Å². The molecular weight excluding hydrogens is 236 g/mol. The molecule has 0 saturated carbocycles. The van der Waals surface area contributed by atoms with Crippen LogP contribution in [0.3, 0.4) is 0 Å². The van der Waals surface area contributed by atoms with Gasteiger partial charge in [-0.25, -0.2) is 0 Å². The second kappa shape index (κ2) is 5.06. The van der Waals surface area contributed by atoms with Crippen LogP contribution in [0, 0.1) is 0 Å². The quantitative estimate of drug-likeness (QED) is 0.706. The molecular formula is C16H14N2O. The Morgan fingerprint density at radius 2 is 1.63 bits per heavy atom. The van der Waals surface area contributed by atoms with Crippen LogP contribution >= 0.6 is 0 Å². The van der Waals surface area contributed by atoms with Crippen molar-refractivity contribution in [1.29, 1.82) is 0 Å². The highest BCUT2D eigenvalue weighted by Gasteiger charge is 2.09. The molecule has 0 spiro atoms. The fourth-order valence-electron chi connectivity index (χ4n) is 1.93. The van der Waals surface area contributed by atoms with Crippen molar-refractivity contribution in [1.82, 2.24) is 10.1 Å². The van der Waals surface area contributed by atoms with Crippen molar-refractivity contribution in [2.45, 2.75) is 13.3 Å². The Bertz CT molecular complexity index is 657. The molecule has 0 amide bonds. The standard InChI is InChI=1S/C16H14N2O/c1-2-12-8-10-14(11-9-12)16-17-15(18-19-16)13-6-4-3-5-7-13/h3-11H,2H2,1H3. The van der Waals surface area contributed by atoms with Crippen LogP contribution in [0.1, 0.15) is 12.5 Å². The molecule has 3 aromatic rings. The van der Waals surface area contributed by atoms with Crippen LogP contribution in [0.15, 0.2) is 59.1 Å². The van der Waals surface area contributed by atoms with Gasteiger partial charge in [0.05, 0.1) is 0 Å². The Hall–Kier alpha value is -2.42. The van der Waals surface area contributed by atoms with E-state index in [4.69, 9.17) is 4.52 Å². The van der Waals surface area contributed by atoms with Crippen molar-refractivity contribution in [3.63, 3.8) is 0 Å². The number of aromatic nitrogens is 2. The maximum Gasteiger partial charge on any atom is 0.258 e. The van der Waals surface area contributed by atoms with E-state index in [1.54, 1.807) is 0 Å². The number of rotatable bonds is 3. The molecule has 3 nitrogen and oxygen atoms in total. The van der Waals surface area contributed by atoms with Crippen LogP contribution in [0.25, 0.3) is 22.8 Å². The smallest absolute Gasteiger partial charge is 0.258 e. The fourth-order valence-corrected chi connectivity index (χ4v) is 1.93. The summed E-state index contributed by atoms with van der Waals surface area (Å²) in [7, 11) is 0. The Morgan fingerprint density at radius 1 is 0.895 bits per heavy atom. The first-order chi connectivity index (χ1) is 9.36.